The Morgan fingerprint density at radius 2 is 2.25 bits per heavy atom. The molecule has 0 saturated carbocycles. The Morgan fingerprint density at radius 1 is 1.56 bits per heavy atom. The molecule has 2 N–H and O–H groups in total. The molecule has 0 bridgehead atoms. The number of likely N-dealkylation sites (N-methyl/N-ethyl adjacent to an activating group) is 1. The van der Waals surface area contributed by atoms with Gasteiger partial charge < -0.3 is 15.5 Å². The van der Waals surface area contributed by atoms with E-state index >= 15 is 0 Å². The Morgan fingerprint density at radius 3 is 2.75 bits per heavy atom. The lowest BCUT2D eigenvalue weighted by atomic mass is 10.1. The molecule has 1 saturated heterocycles. The van der Waals surface area contributed by atoms with E-state index in [4.69, 9.17) is 5.73 Å². The van der Waals surface area contributed by atoms with Gasteiger partial charge in [0.05, 0.1) is 0 Å². The molecule has 0 spiro atoms. The lowest BCUT2D eigenvalue weighted by Gasteiger charge is -2.21. The SMILES string of the molecule is CCCC(N)CC(=O)N1CCC(N(C)C)C1. The van der Waals surface area contributed by atoms with Crippen molar-refractivity contribution in [2.75, 3.05) is 27.2 Å². The van der Waals surface area contributed by atoms with E-state index in [-0.39, 0.29) is 11.9 Å². The molecule has 0 aromatic carbocycles. The topological polar surface area (TPSA) is 49.6 Å². The third-order valence-electron chi connectivity index (χ3n) is 3.34. The van der Waals surface area contributed by atoms with Gasteiger partial charge in [0.1, 0.15) is 0 Å². The molecule has 2 unspecified atom stereocenters. The molecule has 94 valence electrons. The minimum absolute atomic E-state index is 0.0379. The first kappa shape index (κ1) is 13.5. The predicted octanol–water partition coefficient (Wildman–Crippen LogP) is 0.666. The number of nitrogens with zero attached hydrogens (tertiary/aromatic N) is 2. The van der Waals surface area contributed by atoms with Crippen molar-refractivity contribution in [1.29, 1.82) is 0 Å². The van der Waals surface area contributed by atoms with Crippen LogP contribution in [0.5, 0.6) is 0 Å². The van der Waals surface area contributed by atoms with Crippen LogP contribution in [0.25, 0.3) is 0 Å². The summed E-state index contributed by atoms with van der Waals surface area (Å²) in [7, 11) is 4.14. The molecule has 1 aliphatic heterocycles. The summed E-state index contributed by atoms with van der Waals surface area (Å²) in [6, 6.07) is 0.558. The van der Waals surface area contributed by atoms with Gasteiger partial charge in [-0.1, -0.05) is 13.3 Å². The summed E-state index contributed by atoms with van der Waals surface area (Å²) in [5.41, 5.74) is 5.89. The third kappa shape index (κ3) is 3.76. The van der Waals surface area contributed by atoms with Crippen LogP contribution in [0.15, 0.2) is 0 Å². The number of rotatable bonds is 5. The summed E-state index contributed by atoms with van der Waals surface area (Å²) in [6.07, 6.45) is 3.58. The van der Waals surface area contributed by atoms with Gasteiger partial charge in [-0.3, -0.25) is 4.79 Å². The zero-order valence-corrected chi connectivity index (χ0v) is 10.8. The maximum Gasteiger partial charge on any atom is 0.224 e. The fraction of sp³-hybridized carbons (Fsp3) is 0.917. The number of nitrogens with two attached hydrogens (primary N) is 1. The molecule has 1 aliphatic rings. The average molecular weight is 227 g/mol. The van der Waals surface area contributed by atoms with E-state index in [1.54, 1.807) is 0 Å². The second-order valence-corrected chi connectivity index (χ2v) is 5.00. The lowest BCUT2D eigenvalue weighted by Crippen LogP contribution is -2.37. The van der Waals surface area contributed by atoms with Gasteiger partial charge in [0.2, 0.25) is 5.91 Å². The maximum atomic E-state index is 11.9. The summed E-state index contributed by atoms with van der Waals surface area (Å²) in [5, 5.41) is 0. The van der Waals surface area contributed by atoms with Gasteiger partial charge in [-0.2, -0.15) is 0 Å². The Labute approximate surface area is 98.8 Å². The molecule has 0 aromatic rings. The van der Waals surface area contributed by atoms with Crippen LogP contribution in [0.3, 0.4) is 0 Å². The number of hydrogen-bond acceptors (Lipinski definition) is 3. The van der Waals surface area contributed by atoms with Gasteiger partial charge in [0.15, 0.2) is 0 Å². The monoisotopic (exact) mass is 227 g/mol. The molecule has 1 rings (SSSR count). The molecule has 0 aromatic heterocycles. The van der Waals surface area contributed by atoms with E-state index in [0.29, 0.717) is 12.5 Å². The molecule has 1 amide bonds. The average Bonchev–Trinajstić information content (AvgIpc) is 2.66. The standard InChI is InChI=1S/C12H25N3O/c1-4-5-10(13)8-12(16)15-7-6-11(9-15)14(2)3/h10-11H,4-9,13H2,1-3H3. The normalized spacial score (nSPS) is 22.8. The van der Waals surface area contributed by atoms with Crippen molar-refractivity contribution >= 4 is 5.91 Å². The largest absolute Gasteiger partial charge is 0.341 e. The predicted molar refractivity (Wildman–Crippen MR) is 66.2 cm³/mol. The van der Waals surface area contributed by atoms with Crippen LogP contribution in [0.2, 0.25) is 0 Å². The van der Waals surface area contributed by atoms with Gasteiger partial charge in [-0.25, -0.2) is 0 Å². The van der Waals surface area contributed by atoms with Gasteiger partial charge in [0, 0.05) is 31.6 Å². The third-order valence-corrected chi connectivity index (χ3v) is 3.34. The lowest BCUT2D eigenvalue weighted by molar-refractivity contribution is -0.130. The smallest absolute Gasteiger partial charge is 0.224 e. The highest BCUT2D eigenvalue weighted by atomic mass is 16.2. The van der Waals surface area contributed by atoms with Crippen molar-refractivity contribution in [1.82, 2.24) is 9.80 Å². The molecule has 0 aliphatic carbocycles. The van der Waals surface area contributed by atoms with Crippen LogP contribution in [-0.2, 0) is 4.79 Å². The van der Waals surface area contributed by atoms with E-state index in [0.717, 1.165) is 32.4 Å². The van der Waals surface area contributed by atoms with Gasteiger partial charge in [0.25, 0.3) is 0 Å². The second kappa shape index (κ2) is 6.21. The molecule has 4 nitrogen and oxygen atoms in total. The maximum absolute atomic E-state index is 11.9. The quantitative estimate of drug-likeness (QED) is 0.751. The molecule has 1 fully saturated rings. The van der Waals surface area contributed by atoms with Crippen LogP contribution in [-0.4, -0.2) is 55.0 Å². The summed E-state index contributed by atoms with van der Waals surface area (Å²) in [4.78, 5) is 16.1. The second-order valence-electron chi connectivity index (χ2n) is 5.00. The van der Waals surface area contributed by atoms with Crippen molar-refractivity contribution in [3.05, 3.63) is 0 Å². The highest BCUT2D eigenvalue weighted by Crippen LogP contribution is 2.15. The van der Waals surface area contributed by atoms with Crippen LogP contribution >= 0.6 is 0 Å². The Hall–Kier alpha value is -0.610. The van der Waals surface area contributed by atoms with Crippen LogP contribution in [0.4, 0.5) is 0 Å². The van der Waals surface area contributed by atoms with Crippen LogP contribution < -0.4 is 5.73 Å². The van der Waals surface area contributed by atoms with Crippen LogP contribution in [0.1, 0.15) is 32.6 Å². The number of amides is 1. The zero-order valence-electron chi connectivity index (χ0n) is 10.8. The molecular formula is C12H25N3O. The van der Waals surface area contributed by atoms with Crippen molar-refractivity contribution < 1.29 is 4.79 Å². The molecule has 0 radical (unpaired) electrons. The number of likely N-dealkylation sites (tertiary alicyclic amines) is 1. The Bertz CT molecular complexity index is 230. The first-order chi connectivity index (χ1) is 7.54. The number of carbonyl (C=O) groups is 1. The number of carbonyl (C=O) groups excluding carboxylic acids is 1. The first-order valence-corrected chi connectivity index (χ1v) is 6.24. The van der Waals surface area contributed by atoms with Gasteiger partial charge >= 0.3 is 0 Å². The fourth-order valence-electron chi connectivity index (χ4n) is 2.22. The van der Waals surface area contributed by atoms with E-state index < -0.39 is 0 Å². The highest BCUT2D eigenvalue weighted by Gasteiger charge is 2.27. The van der Waals surface area contributed by atoms with Gasteiger partial charge in [-0.15, -0.1) is 0 Å². The van der Waals surface area contributed by atoms with E-state index in [1.807, 2.05) is 4.90 Å². The zero-order chi connectivity index (χ0) is 12.1. The Kier molecular flexibility index (Phi) is 5.22. The molecule has 2 atom stereocenters. The summed E-state index contributed by atoms with van der Waals surface area (Å²) in [6.45, 7) is 3.85. The minimum atomic E-state index is 0.0379. The van der Waals surface area contributed by atoms with Crippen molar-refractivity contribution in [3.8, 4) is 0 Å². The highest BCUT2D eigenvalue weighted by molar-refractivity contribution is 5.77. The molecular weight excluding hydrogens is 202 g/mol. The summed E-state index contributed by atoms with van der Waals surface area (Å²) >= 11 is 0. The first-order valence-electron chi connectivity index (χ1n) is 6.24. The summed E-state index contributed by atoms with van der Waals surface area (Å²) < 4.78 is 0. The fourth-order valence-corrected chi connectivity index (χ4v) is 2.22. The number of hydrogen-bond donors (Lipinski definition) is 1. The van der Waals surface area contributed by atoms with Crippen molar-refractivity contribution in [3.63, 3.8) is 0 Å². The minimum Gasteiger partial charge on any atom is -0.341 e. The molecule has 1 heterocycles. The van der Waals surface area contributed by atoms with Crippen LogP contribution in [0, 0.1) is 0 Å². The summed E-state index contributed by atoms with van der Waals surface area (Å²) in [5.74, 6) is 0.227. The van der Waals surface area contributed by atoms with E-state index in [9.17, 15) is 4.79 Å². The Balaban J connectivity index is 2.33. The van der Waals surface area contributed by atoms with Crippen molar-refractivity contribution in [2.24, 2.45) is 5.73 Å². The molecule has 16 heavy (non-hydrogen) atoms. The van der Waals surface area contributed by atoms with E-state index in [2.05, 4.69) is 25.9 Å². The van der Waals surface area contributed by atoms with Crippen molar-refractivity contribution in [2.45, 2.75) is 44.7 Å². The molecule has 4 heteroatoms. The van der Waals surface area contributed by atoms with E-state index in [1.165, 1.54) is 0 Å². The van der Waals surface area contributed by atoms with Gasteiger partial charge in [-0.05, 0) is 26.9 Å².